The van der Waals surface area contributed by atoms with Crippen LogP contribution in [0.1, 0.15) is 42.7 Å². The van der Waals surface area contributed by atoms with Crippen LogP contribution in [0.4, 0.5) is 4.79 Å². The summed E-state index contributed by atoms with van der Waals surface area (Å²) in [5.41, 5.74) is 4.67. The highest BCUT2D eigenvalue weighted by atomic mass is 16.5. The fourth-order valence-electron chi connectivity index (χ4n) is 3.88. The molecule has 0 unspecified atom stereocenters. The molecular formula is C24H28N2O6. The summed E-state index contributed by atoms with van der Waals surface area (Å²) in [5, 5.41) is 22.7. The van der Waals surface area contributed by atoms with Gasteiger partial charge in [0, 0.05) is 18.9 Å². The van der Waals surface area contributed by atoms with Gasteiger partial charge >= 0.3 is 12.1 Å². The number of carboxylic acid groups (broad SMARTS) is 1. The average molecular weight is 440 g/mol. The minimum absolute atomic E-state index is 0.0141. The van der Waals surface area contributed by atoms with Gasteiger partial charge in [-0.25, -0.2) is 9.59 Å². The number of carboxylic acids is 1. The summed E-state index contributed by atoms with van der Waals surface area (Å²) in [6.07, 6.45) is 1.59. The predicted octanol–water partition coefficient (Wildman–Crippen LogP) is 2.65. The summed E-state index contributed by atoms with van der Waals surface area (Å²) in [5.74, 6) is -1.68. The zero-order valence-corrected chi connectivity index (χ0v) is 17.8. The molecule has 0 spiro atoms. The van der Waals surface area contributed by atoms with Crippen molar-refractivity contribution in [2.24, 2.45) is 0 Å². The van der Waals surface area contributed by atoms with E-state index in [0.717, 1.165) is 11.1 Å². The molecule has 1 atom stereocenters. The van der Waals surface area contributed by atoms with Gasteiger partial charge in [0.2, 0.25) is 5.91 Å². The van der Waals surface area contributed by atoms with Gasteiger partial charge in [-0.05, 0) is 35.1 Å². The predicted molar refractivity (Wildman–Crippen MR) is 118 cm³/mol. The summed E-state index contributed by atoms with van der Waals surface area (Å²) >= 11 is 0. The van der Waals surface area contributed by atoms with Crippen molar-refractivity contribution in [1.82, 2.24) is 10.6 Å². The molecule has 170 valence electrons. The second kappa shape index (κ2) is 11.3. The fourth-order valence-corrected chi connectivity index (χ4v) is 3.88. The van der Waals surface area contributed by atoms with E-state index >= 15 is 0 Å². The Balaban J connectivity index is 1.34. The van der Waals surface area contributed by atoms with Crippen LogP contribution in [0.2, 0.25) is 0 Å². The second-order valence-corrected chi connectivity index (χ2v) is 7.70. The number of ether oxygens (including phenoxy) is 1. The molecule has 0 radical (unpaired) electrons. The van der Waals surface area contributed by atoms with E-state index in [9.17, 15) is 14.4 Å². The lowest BCUT2D eigenvalue weighted by Gasteiger charge is -2.14. The van der Waals surface area contributed by atoms with Crippen molar-refractivity contribution in [3.05, 3.63) is 59.7 Å². The Morgan fingerprint density at radius 3 is 2.16 bits per heavy atom. The van der Waals surface area contributed by atoms with Crippen molar-refractivity contribution in [2.45, 2.75) is 37.6 Å². The van der Waals surface area contributed by atoms with Crippen molar-refractivity contribution < 1.29 is 29.3 Å². The Morgan fingerprint density at radius 2 is 1.56 bits per heavy atom. The zero-order chi connectivity index (χ0) is 22.9. The molecule has 0 saturated carbocycles. The number of unbranched alkanes of at least 4 members (excludes halogenated alkanes) is 2. The van der Waals surface area contributed by atoms with Crippen molar-refractivity contribution in [3.63, 3.8) is 0 Å². The van der Waals surface area contributed by atoms with Gasteiger partial charge in [0.25, 0.3) is 0 Å². The number of hydrogen-bond acceptors (Lipinski definition) is 5. The number of alkyl carbamates (subject to hydrolysis) is 1. The van der Waals surface area contributed by atoms with Gasteiger partial charge in [-0.15, -0.1) is 0 Å². The number of nitrogens with one attached hydrogen (secondary N) is 2. The topological polar surface area (TPSA) is 125 Å². The standard InChI is InChI=1S/C24H28N2O6/c27-14-21(23(29)30)26-22(28)12-2-1-7-13-25-24(31)32-15-20-18-10-5-3-8-16(18)17-9-4-6-11-19(17)20/h3-6,8-11,20-21,27H,1-2,7,12-15H2,(H,25,31)(H,26,28)(H,29,30)/t21-/m0/s1. The first-order valence-corrected chi connectivity index (χ1v) is 10.7. The monoisotopic (exact) mass is 440 g/mol. The lowest BCUT2D eigenvalue weighted by molar-refractivity contribution is -0.142. The summed E-state index contributed by atoms with van der Waals surface area (Å²) in [7, 11) is 0. The Hall–Kier alpha value is -3.39. The lowest BCUT2D eigenvalue weighted by Crippen LogP contribution is -2.43. The highest BCUT2D eigenvalue weighted by Gasteiger charge is 2.28. The number of aliphatic hydroxyl groups excluding tert-OH is 1. The zero-order valence-electron chi connectivity index (χ0n) is 17.8. The maximum Gasteiger partial charge on any atom is 0.407 e. The summed E-state index contributed by atoms with van der Waals surface area (Å²) < 4.78 is 5.47. The average Bonchev–Trinajstić information content (AvgIpc) is 3.12. The molecule has 0 aliphatic heterocycles. The smallest absolute Gasteiger partial charge is 0.407 e. The van der Waals surface area contributed by atoms with Crippen LogP contribution >= 0.6 is 0 Å². The van der Waals surface area contributed by atoms with E-state index in [1.165, 1.54) is 11.1 Å². The fraction of sp³-hybridized carbons (Fsp3) is 0.375. The van der Waals surface area contributed by atoms with E-state index in [4.69, 9.17) is 14.9 Å². The van der Waals surface area contributed by atoms with Crippen molar-refractivity contribution in [3.8, 4) is 11.1 Å². The maximum absolute atomic E-state index is 12.1. The number of aliphatic carboxylic acids is 1. The van der Waals surface area contributed by atoms with Gasteiger partial charge in [-0.2, -0.15) is 0 Å². The van der Waals surface area contributed by atoms with Crippen molar-refractivity contribution in [2.75, 3.05) is 19.8 Å². The Kier molecular flexibility index (Phi) is 8.21. The SMILES string of the molecule is O=C(CCCCCNC(=O)OCC1c2ccccc2-c2ccccc21)N[C@@H](CO)C(=O)O. The number of carbonyl (C=O) groups is 3. The molecule has 8 heteroatoms. The number of fused-ring (bicyclic) bond motifs is 3. The van der Waals surface area contributed by atoms with Gasteiger partial charge < -0.3 is 25.6 Å². The van der Waals surface area contributed by atoms with E-state index in [1.807, 2.05) is 24.3 Å². The van der Waals surface area contributed by atoms with Gasteiger partial charge in [-0.1, -0.05) is 55.0 Å². The highest BCUT2D eigenvalue weighted by Crippen LogP contribution is 2.44. The normalized spacial score (nSPS) is 13.0. The number of aliphatic hydroxyl groups is 1. The molecule has 2 aromatic rings. The Morgan fingerprint density at radius 1 is 0.938 bits per heavy atom. The number of amides is 2. The van der Waals surface area contributed by atoms with E-state index in [-0.39, 0.29) is 18.9 Å². The number of hydrogen-bond donors (Lipinski definition) is 4. The van der Waals surface area contributed by atoms with Crippen LogP contribution in [0.25, 0.3) is 11.1 Å². The molecular weight excluding hydrogens is 412 g/mol. The van der Waals surface area contributed by atoms with Crippen LogP contribution in [0, 0.1) is 0 Å². The molecule has 0 aromatic heterocycles. The maximum atomic E-state index is 12.1. The molecule has 1 aliphatic carbocycles. The van der Waals surface area contributed by atoms with E-state index in [0.29, 0.717) is 25.8 Å². The Bertz CT molecular complexity index is 916. The van der Waals surface area contributed by atoms with Crippen LogP contribution in [-0.4, -0.2) is 54.0 Å². The molecule has 1 aliphatic rings. The highest BCUT2D eigenvalue weighted by molar-refractivity contribution is 5.83. The lowest BCUT2D eigenvalue weighted by atomic mass is 9.98. The summed E-state index contributed by atoms with van der Waals surface area (Å²) in [6, 6.07) is 15.0. The molecule has 4 N–H and O–H groups in total. The van der Waals surface area contributed by atoms with Crippen LogP contribution < -0.4 is 10.6 Å². The molecule has 32 heavy (non-hydrogen) atoms. The van der Waals surface area contributed by atoms with Crippen molar-refractivity contribution >= 4 is 18.0 Å². The Labute approximate surface area is 186 Å². The first-order chi connectivity index (χ1) is 15.5. The first-order valence-electron chi connectivity index (χ1n) is 10.7. The van der Waals surface area contributed by atoms with Crippen LogP contribution in [0.15, 0.2) is 48.5 Å². The van der Waals surface area contributed by atoms with Crippen LogP contribution in [0.5, 0.6) is 0 Å². The molecule has 3 rings (SSSR count). The van der Waals surface area contributed by atoms with Gasteiger partial charge in [0.1, 0.15) is 12.6 Å². The van der Waals surface area contributed by atoms with Crippen LogP contribution in [-0.2, 0) is 14.3 Å². The third-order valence-electron chi connectivity index (χ3n) is 5.51. The summed E-state index contributed by atoms with van der Waals surface area (Å²) in [6.45, 7) is 0.0352. The summed E-state index contributed by atoms with van der Waals surface area (Å²) in [4.78, 5) is 34.6. The van der Waals surface area contributed by atoms with Crippen molar-refractivity contribution in [1.29, 1.82) is 0 Å². The van der Waals surface area contributed by atoms with E-state index < -0.39 is 30.6 Å². The number of carbonyl (C=O) groups excluding carboxylic acids is 2. The third kappa shape index (κ3) is 5.85. The second-order valence-electron chi connectivity index (χ2n) is 7.70. The minimum atomic E-state index is -1.28. The number of benzene rings is 2. The molecule has 0 saturated heterocycles. The molecule has 0 fully saturated rings. The molecule has 8 nitrogen and oxygen atoms in total. The number of rotatable bonds is 11. The minimum Gasteiger partial charge on any atom is -0.480 e. The largest absolute Gasteiger partial charge is 0.480 e. The molecule has 0 heterocycles. The quantitative estimate of drug-likeness (QED) is 0.398. The van der Waals surface area contributed by atoms with Gasteiger partial charge in [0.15, 0.2) is 0 Å². The first kappa shape index (κ1) is 23.3. The molecule has 2 amide bonds. The van der Waals surface area contributed by atoms with Gasteiger partial charge in [0.05, 0.1) is 6.61 Å². The molecule has 2 aromatic carbocycles. The third-order valence-corrected chi connectivity index (χ3v) is 5.51. The van der Waals surface area contributed by atoms with Crippen LogP contribution in [0.3, 0.4) is 0 Å². The molecule has 0 bridgehead atoms. The van der Waals surface area contributed by atoms with E-state index in [1.54, 1.807) is 0 Å². The van der Waals surface area contributed by atoms with Gasteiger partial charge in [-0.3, -0.25) is 4.79 Å². The van der Waals surface area contributed by atoms with E-state index in [2.05, 4.69) is 34.9 Å².